The van der Waals surface area contributed by atoms with E-state index in [1.165, 1.54) is 25.0 Å². The normalized spacial score (nSPS) is 19.0. The lowest BCUT2D eigenvalue weighted by atomic mass is 9.85. The molecule has 0 radical (unpaired) electrons. The molecule has 5 heteroatoms. The second-order valence-corrected chi connectivity index (χ2v) is 7.50. The Morgan fingerprint density at radius 1 is 1.04 bits per heavy atom. The zero-order valence-corrected chi connectivity index (χ0v) is 16.1. The highest BCUT2D eigenvalue weighted by Crippen LogP contribution is 2.35. The Bertz CT molecular complexity index is 657. The van der Waals surface area contributed by atoms with Crippen LogP contribution in [-0.4, -0.2) is 29.9 Å². The van der Waals surface area contributed by atoms with E-state index in [0.29, 0.717) is 25.4 Å². The first kappa shape index (κ1) is 19.5. The molecule has 1 aliphatic carbocycles. The second-order valence-electron chi connectivity index (χ2n) is 7.50. The second kappa shape index (κ2) is 10.1. The Labute approximate surface area is 162 Å². The fourth-order valence-electron chi connectivity index (χ4n) is 4.02. The van der Waals surface area contributed by atoms with E-state index >= 15 is 0 Å². The van der Waals surface area contributed by atoms with Gasteiger partial charge in [-0.1, -0.05) is 36.4 Å². The standard InChI is InChI=1S/C22H31N3O2/c26-21(25-16-8-12-19-11-4-5-13-20(19)25)14-6-7-15-23-22(27)24-17-18-9-2-1-3-10-18/h1-3,9-10,13,19H,4-8,11-12,14-17H2,(H2,23,24,27). The maximum absolute atomic E-state index is 12.6. The number of nitrogens with one attached hydrogen (secondary N) is 2. The first-order valence-corrected chi connectivity index (χ1v) is 10.3. The van der Waals surface area contributed by atoms with Gasteiger partial charge in [-0.05, 0) is 56.4 Å². The van der Waals surface area contributed by atoms with Gasteiger partial charge in [-0.15, -0.1) is 0 Å². The molecule has 1 fully saturated rings. The predicted molar refractivity (Wildman–Crippen MR) is 107 cm³/mol. The zero-order chi connectivity index (χ0) is 18.9. The van der Waals surface area contributed by atoms with Crippen molar-refractivity contribution in [2.45, 2.75) is 57.9 Å². The molecule has 0 bridgehead atoms. The number of urea groups is 1. The number of hydrogen-bond donors (Lipinski definition) is 2. The molecule has 0 aromatic heterocycles. The first-order chi connectivity index (χ1) is 13.2. The Morgan fingerprint density at radius 2 is 1.85 bits per heavy atom. The van der Waals surface area contributed by atoms with Gasteiger partial charge in [0.15, 0.2) is 0 Å². The summed E-state index contributed by atoms with van der Waals surface area (Å²) in [5, 5.41) is 5.71. The first-order valence-electron chi connectivity index (χ1n) is 10.3. The molecule has 1 unspecified atom stereocenters. The summed E-state index contributed by atoms with van der Waals surface area (Å²) in [7, 11) is 0. The van der Waals surface area contributed by atoms with E-state index < -0.39 is 0 Å². The van der Waals surface area contributed by atoms with E-state index in [4.69, 9.17) is 0 Å². The van der Waals surface area contributed by atoms with Gasteiger partial charge in [0.1, 0.15) is 0 Å². The average Bonchev–Trinajstić information content (AvgIpc) is 2.72. The van der Waals surface area contributed by atoms with E-state index in [-0.39, 0.29) is 11.9 Å². The van der Waals surface area contributed by atoms with Gasteiger partial charge >= 0.3 is 6.03 Å². The number of fused-ring (bicyclic) bond motifs is 1. The van der Waals surface area contributed by atoms with Crippen molar-refractivity contribution in [3.05, 3.63) is 47.7 Å². The number of unbranched alkanes of at least 4 members (excludes halogenated alkanes) is 1. The van der Waals surface area contributed by atoms with Gasteiger partial charge in [-0.3, -0.25) is 4.79 Å². The number of nitrogens with zero attached hydrogens (tertiary/aromatic N) is 1. The van der Waals surface area contributed by atoms with E-state index in [1.54, 1.807) is 0 Å². The lowest BCUT2D eigenvalue weighted by Crippen LogP contribution is -2.39. The molecule has 1 heterocycles. The molecule has 2 N–H and O–H groups in total. The Kier molecular flexibility index (Phi) is 7.31. The summed E-state index contributed by atoms with van der Waals surface area (Å²) in [6, 6.07) is 9.69. The van der Waals surface area contributed by atoms with Crippen molar-refractivity contribution in [2.24, 2.45) is 5.92 Å². The zero-order valence-electron chi connectivity index (χ0n) is 16.1. The number of rotatable bonds is 7. The lowest BCUT2D eigenvalue weighted by molar-refractivity contribution is -0.130. The summed E-state index contributed by atoms with van der Waals surface area (Å²) in [5.41, 5.74) is 2.37. The fourth-order valence-corrected chi connectivity index (χ4v) is 4.02. The van der Waals surface area contributed by atoms with Gasteiger partial charge in [-0.25, -0.2) is 4.79 Å². The van der Waals surface area contributed by atoms with E-state index in [2.05, 4.69) is 16.7 Å². The smallest absolute Gasteiger partial charge is 0.315 e. The summed E-state index contributed by atoms with van der Waals surface area (Å²) in [6.45, 7) is 2.00. The third-order valence-corrected chi connectivity index (χ3v) is 5.47. The van der Waals surface area contributed by atoms with Crippen LogP contribution in [0.5, 0.6) is 0 Å². The molecule has 3 amide bonds. The third-order valence-electron chi connectivity index (χ3n) is 5.47. The van der Waals surface area contributed by atoms with Crippen LogP contribution in [-0.2, 0) is 11.3 Å². The number of hydrogen-bond acceptors (Lipinski definition) is 2. The molecule has 1 atom stereocenters. The van der Waals surface area contributed by atoms with Crippen molar-refractivity contribution in [1.82, 2.24) is 15.5 Å². The minimum atomic E-state index is -0.156. The average molecular weight is 370 g/mol. The van der Waals surface area contributed by atoms with Crippen molar-refractivity contribution >= 4 is 11.9 Å². The molecule has 1 aromatic rings. The quantitative estimate of drug-likeness (QED) is 0.715. The molecule has 27 heavy (non-hydrogen) atoms. The minimum absolute atomic E-state index is 0.156. The van der Waals surface area contributed by atoms with Crippen LogP contribution in [0, 0.1) is 5.92 Å². The van der Waals surface area contributed by atoms with Crippen molar-refractivity contribution in [3.63, 3.8) is 0 Å². The molecule has 1 aliphatic heterocycles. The number of piperidine rings is 1. The number of benzene rings is 1. The van der Waals surface area contributed by atoms with Crippen molar-refractivity contribution < 1.29 is 9.59 Å². The molecular formula is C22H31N3O2. The minimum Gasteiger partial charge on any atom is -0.338 e. The maximum Gasteiger partial charge on any atom is 0.315 e. The van der Waals surface area contributed by atoms with Crippen LogP contribution >= 0.6 is 0 Å². The topological polar surface area (TPSA) is 61.4 Å². The Morgan fingerprint density at radius 3 is 2.70 bits per heavy atom. The molecule has 3 rings (SSSR count). The molecule has 5 nitrogen and oxygen atoms in total. The van der Waals surface area contributed by atoms with Gasteiger partial charge in [0.25, 0.3) is 0 Å². The van der Waals surface area contributed by atoms with Crippen LogP contribution in [0.1, 0.15) is 56.9 Å². The number of carbonyl (C=O) groups is 2. The van der Waals surface area contributed by atoms with Gasteiger partial charge in [0, 0.05) is 31.8 Å². The van der Waals surface area contributed by atoms with Crippen molar-refractivity contribution in [3.8, 4) is 0 Å². The summed E-state index contributed by atoms with van der Waals surface area (Å²) in [4.78, 5) is 26.4. The van der Waals surface area contributed by atoms with Gasteiger partial charge in [0.2, 0.25) is 5.91 Å². The van der Waals surface area contributed by atoms with Gasteiger partial charge in [-0.2, -0.15) is 0 Å². The molecule has 2 aliphatic rings. The van der Waals surface area contributed by atoms with Crippen LogP contribution in [0.4, 0.5) is 4.79 Å². The van der Waals surface area contributed by atoms with Crippen LogP contribution < -0.4 is 10.6 Å². The number of carbonyl (C=O) groups excluding carboxylic acids is 2. The third kappa shape index (κ3) is 5.84. The van der Waals surface area contributed by atoms with Crippen LogP contribution in [0.15, 0.2) is 42.1 Å². The number of amides is 3. The largest absolute Gasteiger partial charge is 0.338 e. The molecule has 1 aromatic carbocycles. The number of likely N-dealkylation sites (tertiary alicyclic amines) is 1. The van der Waals surface area contributed by atoms with Crippen LogP contribution in [0.2, 0.25) is 0 Å². The van der Waals surface area contributed by atoms with Gasteiger partial charge < -0.3 is 15.5 Å². The molecule has 0 spiro atoms. The highest BCUT2D eigenvalue weighted by molar-refractivity contribution is 5.78. The Hall–Kier alpha value is -2.30. The predicted octanol–water partition coefficient (Wildman–Crippen LogP) is 3.96. The van der Waals surface area contributed by atoms with E-state index in [0.717, 1.165) is 37.8 Å². The maximum atomic E-state index is 12.6. The molecular weight excluding hydrogens is 338 g/mol. The van der Waals surface area contributed by atoms with Gasteiger partial charge in [0.05, 0.1) is 0 Å². The SMILES string of the molecule is O=C(NCCCCC(=O)N1CCCC2CCCC=C21)NCc1ccccc1. The highest BCUT2D eigenvalue weighted by atomic mass is 16.2. The Balaban J connectivity index is 1.30. The van der Waals surface area contributed by atoms with Crippen LogP contribution in [0.25, 0.3) is 0 Å². The summed E-state index contributed by atoms with van der Waals surface area (Å²) >= 11 is 0. The summed E-state index contributed by atoms with van der Waals surface area (Å²) in [5.74, 6) is 0.854. The monoisotopic (exact) mass is 369 g/mol. The van der Waals surface area contributed by atoms with Crippen LogP contribution in [0.3, 0.4) is 0 Å². The number of allylic oxidation sites excluding steroid dienone is 2. The fraction of sp³-hybridized carbons (Fsp3) is 0.545. The molecule has 0 saturated carbocycles. The van der Waals surface area contributed by atoms with Crippen molar-refractivity contribution in [2.75, 3.05) is 13.1 Å². The highest BCUT2D eigenvalue weighted by Gasteiger charge is 2.29. The summed E-state index contributed by atoms with van der Waals surface area (Å²) < 4.78 is 0. The molecule has 1 saturated heterocycles. The van der Waals surface area contributed by atoms with E-state index in [9.17, 15) is 9.59 Å². The molecule has 146 valence electrons. The van der Waals surface area contributed by atoms with Crippen molar-refractivity contribution in [1.29, 1.82) is 0 Å². The van der Waals surface area contributed by atoms with E-state index in [1.807, 2.05) is 35.2 Å². The lowest BCUT2D eigenvalue weighted by Gasteiger charge is -2.38. The summed E-state index contributed by atoms with van der Waals surface area (Å²) in [6.07, 6.45) is 10.4.